The molecule has 0 aromatic carbocycles. The standard InChI is InChI=1S/C17H22N2O2S/c20-16-5-1-4-15-13-7-12(10-19(15)16)9-18(11-13)17(21)8-14-3-2-6-22-14/h2-3,6,12-13,15H,1,4-5,7-11H2/t12?,13?,15-/m1/s1. The average Bonchev–Trinajstić information content (AvgIpc) is 3.01. The van der Waals surface area contributed by atoms with Gasteiger partial charge < -0.3 is 9.80 Å². The van der Waals surface area contributed by atoms with E-state index in [4.69, 9.17) is 0 Å². The monoisotopic (exact) mass is 318 g/mol. The minimum atomic E-state index is 0.257. The molecule has 3 atom stereocenters. The fourth-order valence-electron chi connectivity index (χ4n) is 4.49. The van der Waals surface area contributed by atoms with Gasteiger partial charge in [-0.3, -0.25) is 9.59 Å². The van der Waals surface area contributed by atoms with Gasteiger partial charge in [-0.05, 0) is 42.5 Å². The van der Waals surface area contributed by atoms with E-state index in [1.165, 1.54) is 6.42 Å². The van der Waals surface area contributed by atoms with Crippen molar-refractivity contribution < 1.29 is 9.59 Å². The Hall–Kier alpha value is -1.36. The molecule has 22 heavy (non-hydrogen) atoms. The van der Waals surface area contributed by atoms with Crippen LogP contribution >= 0.6 is 11.3 Å². The molecule has 5 heteroatoms. The number of hydrogen-bond donors (Lipinski definition) is 0. The Morgan fingerprint density at radius 2 is 2.23 bits per heavy atom. The van der Waals surface area contributed by atoms with Gasteiger partial charge in [0.2, 0.25) is 11.8 Å². The van der Waals surface area contributed by atoms with Crippen LogP contribution in [0.3, 0.4) is 0 Å². The maximum Gasteiger partial charge on any atom is 0.227 e. The number of rotatable bonds is 2. The molecular weight excluding hydrogens is 296 g/mol. The number of amides is 2. The molecule has 0 spiro atoms. The molecule has 4 heterocycles. The topological polar surface area (TPSA) is 40.6 Å². The number of hydrogen-bond acceptors (Lipinski definition) is 3. The Labute approximate surface area is 135 Å². The molecule has 4 nitrogen and oxygen atoms in total. The summed E-state index contributed by atoms with van der Waals surface area (Å²) in [6.07, 6.45) is 4.58. The van der Waals surface area contributed by atoms with Crippen LogP contribution < -0.4 is 0 Å². The molecule has 3 saturated heterocycles. The number of nitrogens with zero attached hydrogens (tertiary/aromatic N) is 2. The minimum absolute atomic E-state index is 0.257. The van der Waals surface area contributed by atoms with E-state index < -0.39 is 0 Å². The summed E-state index contributed by atoms with van der Waals surface area (Å²) in [6.45, 7) is 2.54. The average molecular weight is 318 g/mol. The fourth-order valence-corrected chi connectivity index (χ4v) is 5.18. The molecule has 3 aliphatic heterocycles. The lowest BCUT2D eigenvalue weighted by molar-refractivity contribution is -0.148. The van der Waals surface area contributed by atoms with E-state index in [0.29, 0.717) is 30.2 Å². The summed E-state index contributed by atoms with van der Waals surface area (Å²) in [5, 5.41) is 2.03. The summed E-state index contributed by atoms with van der Waals surface area (Å²) in [5.41, 5.74) is 0. The Morgan fingerprint density at radius 3 is 3.05 bits per heavy atom. The van der Waals surface area contributed by atoms with E-state index in [0.717, 1.165) is 43.8 Å². The first-order chi connectivity index (χ1) is 10.7. The van der Waals surface area contributed by atoms with E-state index in [1.807, 2.05) is 17.5 Å². The van der Waals surface area contributed by atoms with Crippen molar-refractivity contribution in [2.75, 3.05) is 19.6 Å². The van der Waals surface area contributed by atoms with Crippen molar-refractivity contribution >= 4 is 23.2 Å². The zero-order valence-electron chi connectivity index (χ0n) is 12.7. The Morgan fingerprint density at radius 1 is 1.32 bits per heavy atom. The quantitative estimate of drug-likeness (QED) is 0.838. The van der Waals surface area contributed by atoms with Crippen molar-refractivity contribution in [2.45, 2.75) is 38.1 Å². The highest BCUT2D eigenvalue weighted by Gasteiger charge is 2.44. The number of piperidine rings is 3. The van der Waals surface area contributed by atoms with Crippen molar-refractivity contribution in [3.05, 3.63) is 22.4 Å². The summed E-state index contributed by atoms with van der Waals surface area (Å²) >= 11 is 1.65. The molecule has 2 unspecified atom stereocenters. The third kappa shape index (κ3) is 2.56. The van der Waals surface area contributed by atoms with Crippen LogP contribution in [-0.4, -0.2) is 47.3 Å². The number of carbonyl (C=O) groups is 2. The molecule has 3 fully saturated rings. The van der Waals surface area contributed by atoms with Crippen LogP contribution in [0, 0.1) is 11.8 Å². The Bertz CT molecular complexity index is 571. The molecule has 2 amide bonds. The summed E-state index contributed by atoms with van der Waals surface area (Å²) in [7, 11) is 0. The lowest BCUT2D eigenvalue weighted by atomic mass is 9.76. The van der Waals surface area contributed by atoms with Gasteiger partial charge in [-0.15, -0.1) is 11.3 Å². The van der Waals surface area contributed by atoms with Crippen molar-refractivity contribution in [3.63, 3.8) is 0 Å². The first-order valence-electron chi connectivity index (χ1n) is 8.30. The third-order valence-electron chi connectivity index (χ3n) is 5.44. The molecule has 3 aliphatic rings. The highest BCUT2D eigenvalue weighted by atomic mass is 32.1. The highest BCUT2D eigenvalue weighted by molar-refractivity contribution is 7.10. The van der Waals surface area contributed by atoms with E-state index in [2.05, 4.69) is 9.80 Å². The van der Waals surface area contributed by atoms with Crippen molar-refractivity contribution in [1.82, 2.24) is 9.80 Å². The molecule has 2 bridgehead atoms. The van der Waals surface area contributed by atoms with Gasteiger partial charge in [-0.1, -0.05) is 6.07 Å². The second kappa shape index (κ2) is 5.69. The van der Waals surface area contributed by atoms with Crippen LogP contribution in [0.15, 0.2) is 17.5 Å². The minimum Gasteiger partial charge on any atom is -0.342 e. The molecule has 118 valence electrons. The molecule has 4 rings (SSSR count). The first-order valence-corrected chi connectivity index (χ1v) is 9.18. The van der Waals surface area contributed by atoms with Crippen LogP contribution in [0.4, 0.5) is 0 Å². The maximum atomic E-state index is 12.6. The largest absolute Gasteiger partial charge is 0.342 e. The zero-order chi connectivity index (χ0) is 15.1. The summed E-state index contributed by atoms with van der Waals surface area (Å²) in [6, 6.07) is 4.42. The molecule has 0 saturated carbocycles. The van der Waals surface area contributed by atoms with E-state index in [1.54, 1.807) is 11.3 Å². The molecule has 0 aliphatic carbocycles. The van der Waals surface area contributed by atoms with Crippen molar-refractivity contribution in [2.24, 2.45) is 11.8 Å². The molecule has 1 aromatic rings. The van der Waals surface area contributed by atoms with Crippen LogP contribution in [0.25, 0.3) is 0 Å². The normalized spacial score (nSPS) is 31.1. The van der Waals surface area contributed by atoms with E-state index in [9.17, 15) is 9.59 Å². The van der Waals surface area contributed by atoms with Gasteiger partial charge in [-0.25, -0.2) is 0 Å². The fraction of sp³-hybridized carbons (Fsp3) is 0.647. The summed E-state index contributed by atoms with van der Waals surface area (Å²) in [5.74, 6) is 1.56. The SMILES string of the molecule is O=C(Cc1cccs1)N1CC2CC(C1)[C@H]1CCCC(=O)N1C2. The molecule has 0 radical (unpaired) electrons. The van der Waals surface area contributed by atoms with Gasteiger partial charge in [0.05, 0.1) is 6.42 Å². The maximum absolute atomic E-state index is 12.6. The number of thiophene rings is 1. The lowest BCUT2D eigenvalue weighted by Crippen LogP contribution is -2.61. The van der Waals surface area contributed by atoms with Gasteiger partial charge in [0, 0.05) is 37.0 Å². The van der Waals surface area contributed by atoms with Crippen molar-refractivity contribution in [3.8, 4) is 0 Å². The predicted molar refractivity (Wildman–Crippen MR) is 85.6 cm³/mol. The second-order valence-electron chi connectivity index (χ2n) is 6.92. The summed E-state index contributed by atoms with van der Waals surface area (Å²) < 4.78 is 0. The van der Waals surface area contributed by atoms with Crippen LogP contribution in [0.2, 0.25) is 0 Å². The van der Waals surface area contributed by atoms with Crippen LogP contribution in [0.1, 0.15) is 30.6 Å². The van der Waals surface area contributed by atoms with Gasteiger partial charge in [0.15, 0.2) is 0 Å². The highest BCUT2D eigenvalue weighted by Crippen LogP contribution is 2.38. The zero-order valence-corrected chi connectivity index (χ0v) is 13.6. The Kier molecular flexibility index (Phi) is 3.68. The third-order valence-corrected chi connectivity index (χ3v) is 6.31. The van der Waals surface area contributed by atoms with E-state index in [-0.39, 0.29) is 5.91 Å². The van der Waals surface area contributed by atoms with Crippen LogP contribution in [-0.2, 0) is 16.0 Å². The molecular formula is C17H22N2O2S. The second-order valence-corrected chi connectivity index (χ2v) is 7.95. The van der Waals surface area contributed by atoms with Gasteiger partial charge in [0.25, 0.3) is 0 Å². The van der Waals surface area contributed by atoms with Gasteiger partial charge in [-0.2, -0.15) is 0 Å². The van der Waals surface area contributed by atoms with Crippen molar-refractivity contribution in [1.29, 1.82) is 0 Å². The number of carbonyl (C=O) groups excluding carboxylic acids is 2. The van der Waals surface area contributed by atoms with Gasteiger partial charge in [0.1, 0.15) is 0 Å². The summed E-state index contributed by atoms with van der Waals surface area (Å²) in [4.78, 5) is 30.0. The molecule has 0 N–H and O–H groups in total. The Balaban J connectivity index is 1.46. The number of fused-ring (bicyclic) bond motifs is 4. The lowest BCUT2D eigenvalue weighted by Gasteiger charge is -2.52. The number of likely N-dealkylation sites (tertiary alicyclic amines) is 1. The first kappa shape index (κ1) is 14.2. The predicted octanol–water partition coefficient (Wildman–Crippen LogP) is 2.15. The van der Waals surface area contributed by atoms with Gasteiger partial charge >= 0.3 is 0 Å². The smallest absolute Gasteiger partial charge is 0.227 e. The van der Waals surface area contributed by atoms with E-state index >= 15 is 0 Å². The molecule has 1 aromatic heterocycles. The van der Waals surface area contributed by atoms with Crippen LogP contribution in [0.5, 0.6) is 0 Å².